The van der Waals surface area contributed by atoms with E-state index in [1.165, 1.54) is 11.8 Å². The van der Waals surface area contributed by atoms with Crippen LogP contribution in [0.3, 0.4) is 0 Å². The summed E-state index contributed by atoms with van der Waals surface area (Å²) < 4.78 is 0. The minimum atomic E-state index is -1.04. The molecule has 1 heterocycles. The Morgan fingerprint density at radius 3 is 2.33 bits per heavy atom. The third-order valence-corrected chi connectivity index (χ3v) is 3.65. The van der Waals surface area contributed by atoms with Gasteiger partial charge in [0.1, 0.15) is 0 Å². The van der Waals surface area contributed by atoms with Crippen LogP contribution < -0.4 is 5.43 Å². The average Bonchev–Trinajstić information content (AvgIpc) is 2.08. The molecule has 1 aliphatic rings. The minimum absolute atomic E-state index is 1.04. The molecule has 9 heavy (non-hydrogen) atoms. The molecule has 3 heteroatoms. The van der Waals surface area contributed by atoms with Crippen molar-refractivity contribution in [1.29, 1.82) is 0 Å². The van der Waals surface area contributed by atoms with E-state index in [0.717, 1.165) is 6.54 Å². The zero-order chi connectivity index (χ0) is 6.91. The van der Waals surface area contributed by atoms with E-state index in [1.54, 1.807) is 0 Å². The quantitative estimate of drug-likeness (QED) is 0.547. The molecule has 0 fully saturated rings. The van der Waals surface area contributed by atoms with Crippen molar-refractivity contribution in [2.45, 2.75) is 26.1 Å². The third kappa shape index (κ3) is 1.54. The van der Waals surface area contributed by atoms with Crippen LogP contribution in [0.4, 0.5) is 0 Å². The molecule has 0 aromatic heterocycles. The van der Waals surface area contributed by atoms with Crippen molar-refractivity contribution >= 4 is 13.4 Å². The van der Waals surface area contributed by atoms with Crippen LogP contribution in [-0.4, -0.2) is 20.0 Å². The van der Waals surface area contributed by atoms with Gasteiger partial charge >= 0.3 is 0 Å². The molecule has 0 unspecified atom stereocenters. The number of hydrogen-bond acceptors (Lipinski definition) is 2. The summed E-state index contributed by atoms with van der Waals surface area (Å²) in [5.41, 5.74) is 3.00. The maximum Gasteiger partial charge on any atom is 0.0983 e. The Labute approximate surface area is 57.4 Å². The van der Waals surface area contributed by atoms with Crippen LogP contribution >= 0.6 is 0 Å². The van der Waals surface area contributed by atoms with Crippen LogP contribution in [0.25, 0.3) is 0 Å². The SMILES string of the molecule is C[Si](C)(C)C1=NNCC1. The van der Waals surface area contributed by atoms with Crippen molar-refractivity contribution in [3.63, 3.8) is 0 Å². The monoisotopic (exact) mass is 142 g/mol. The fraction of sp³-hybridized carbons (Fsp3) is 0.833. The lowest BCUT2D eigenvalue weighted by Gasteiger charge is -2.13. The molecule has 2 nitrogen and oxygen atoms in total. The second kappa shape index (κ2) is 2.14. The average molecular weight is 142 g/mol. The van der Waals surface area contributed by atoms with Gasteiger partial charge in [0.15, 0.2) is 0 Å². The van der Waals surface area contributed by atoms with Crippen molar-refractivity contribution in [1.82, 2.24) is 5.43 Å². The molecule has 1 rings (SSSR count). The van der Waals surface area contributed by atoms with Crippen molar-refractivity contribution in [3.05, 3.63) is 0 Å². The van der Waals surface area contributed by atoms with E-state index >= 15 is 0 Å². The molecule has 0 bridgehead atoms. The summed E-state index contributed by atoms with van der Waals surface area (Å²) in [5.74, 6) is 0. The van der Waals surface area contributed by atoms with Gasteiger partial charge in [-0.05, 0) is 0 Å². The first-order chi connectivity index (χ1) is 4.11. The molecule has 0 aromatic rings. The van der Waals surface area contributed by atoms with E-state index in [9.17, 15) is 0 Å². The summed E-state index contributed by atoms with van der Waals surface area (Å²) in [6.45, 7) is 8.05. The molecule has 0 aromatic carbocycles. The van der Waals surface area contributed by atoms with Crippen molar-refractivity contribution in [2.75, 3.05) is 6.54 Å². The van der Waals surface area contributed by atoms with E-state index in [-0.39, 0.29) is 0 Å². The Hall–Kier alpha value is -0.313. The van der Waals surface area contributed by atoms with E-state index in [1.807, 2.05) is 0 Å². The number of hydrogen-bond donors (Lipinski definition) is 1. The number of nitrogens with zero attached hydrogens (tertiary/aromatic N) is 1. The molecule has 0 spiro atoms. The van der Waals surface area contributed by atoms with Crippen molar-refractivity contribution < 1.29 is 0 Å². The molecule has 1 N–H and O–H groups in total. The predicted molar refractivity (Wildman–Crippen MR) is 43.4 cm³/mol. The topological polar surface area (TPSA) is 24.4 Å². The Morgan fingerprint density at radius 2 is 2.11 bits per heavy atom. The molecular weight excluding hydrogens is 128 g/mol. The first kappa shape index (κ1) is 6.80. The third-order valence-electron chi connectivity index (χ3n) is 1.55. The zero-order valence-electron chi connectivity index (χ0n) is 6.36. The van der Waals surface area contributed by atoms with E-state index in [2.05, 4.69) is 30.2 Å². The van der Waals surface area contributed by atoms with Gasteiger partial charge in [-0.1, -0.05) is 19.6 Å². The molecule has 52 valence electrons. The summed E-state index contributed by atoms with van der Waals surface area (Å²) in [5, 5.41) is 5.67. The highest BCUT2D eigenvalue weighted by Gasteiger charge is 2.23. The number of rotatable bonds is 1. The van der Waals surface area contributed by atoms with Gasteiger partial charge < -0.3 is 5.43 Å². The second-order valence-electron chi connectivity index (χ2n) is 3.47. The van der Waals surface area contributed by atoms with Gasteiger partial charge in [0.25, 0.3) is 0 Å². The molecule has 0 atom stereocenters. The Kier molecular flexibility index (Phi) is 1.61. The Bertz CT molecular complexity index is 134. The van der Waals surface area contributed by atoms with Gasteiger partial charge in [-0.2, -0.15) is 5.10 Å². The van der Waals surface area contributed by atoms with Crippen LogP contribution in [0.2, 0.25) is 19.6 Å². The predicted octanol–water partition coefficient (Wildman–Crippen LogP) is 1.21. The van der Waals surface area contributed by atoms with Crippen LogP contribution in [0.1, 0.15) is 6.42 Å². The molecule has 1 aliphatic heterocycles. The molecule has 0 saturated heterocycles. The minimum Gasteiger partial charge on any atom is -0.310 e. The fourth-order valence-corrected chi connectivity index (χ4v) is 2.21. The summed E-state index contributed by atoms with van der Waals surface area (Å²) in [6.07, 6.45) is 1.18. The zero-order valence-corrected chi connectivity index (χ0v) is 7.36. The maximum absolute atomic E-state index is 4.24. The van der Waals surface area contributed by atoms with Crippen molar-refractivity contribution in [3.8, 4) is 0 Å². The van der Waals surface area contributed by atoms with E-state index in [4.69, 9.17) is 0 Å². The van der Waals surface area contributed by atoms with Crippen LogP contribution in [0.15, 0.2) is 5.10 Å². The lowest BCUT2D eigenvalue weighted by molar-refractivity contribution is 0.813. The molecule has 0 saturated carbocycles. The highest BCUT2D eigenvalue weighted by atomic mass is 28.3. The van der Waals surface area contributed by atoms with Crippen molar-refractivity contribution in [2.24, 2.45) is 5.10 Å². The highest BCUT2D eigenvalue weighted by Crippen LogP contribution is 2.09. The van der Waals surface area contributed by atoms with Gasteiger partial charge in [-0.15, -0.1) is 0 Å². The van der Waals surface area contributed by atoms with Gasteiger partial charge in [0.2, 0.25) is 0 Å². The molecule has 0 aliphatic carbocycles. The Morgan fingerprint density at radius 1 is 1.44 bits per heavy atom. The van der Waals surface area contributed by atoms with Crippen LogP contribution in [-0.2, 0) is 0 Å². The van der Waals surface area contributed by atoms with Crippen LogP contribution in [0.5, 0.6) is 0 Å². The highest BCUT2D eigenvalue weighted by molar-refractivity contribution is 7.04. The summed E-state index contributed by atoms with van der Waals surface area (Å²) in [6, 6.07) is 0. The van der Waals surface area contributed by atoms with Gasteiger partial charge in [0, 0.05) is 18.3 Å². The number of hydrazone groups is 1. The molecule has 0 radical (unpaired) electrons. The van der Waals surface area contributed by atoms with Gasteiger partial charge in [-0.3, -0.25) is 0 Å². The second-order valence-corrected chi connectivity index (χ2v) is 8.54. The Balaban J connectivity index is 2.61. The molecule has 0 amide bonds. The van der Waals surface area contributed by atoms with E-state index in [0.29, 0.717) is 0 Å². The smallest absolute Gasteiger partial charge is 0.0983 e. The normalized spacial score (nSPS) is 19.2. The lowest BCUT2D eigenvalue weighted by atomic mass is 10.5. The largest absolute Gasteiger partial charge is 0.310 e. The number of nitrogens with one attached hydrogen (secondary N) is 1. The van der Waals surface area contributed by atoms with Gasteiger partial charge in [0.05, 0.1) is 8.07 Å². The lowest BCUT2D eigenvalue weighted by Crippen LogP contribution is -2.32. The summed E-state index contributed by atoms with van der Waals surface area (Å²) in [7, 11) is -1.04. The van der Waals surface area contributed by atoms with Gasteiger partial charge in [-0.25, -0.2) is 0 Å². The van der Waals surface area contributed by atoms with Crippen LogP contribution in [0, 0.1) is 0 Å². The fourth-order valence-electron chi connectivity index (χ4n) is 0.924. The molecular formula is C6H14N2Si. The maximum atomic E-state index is 4.24. The first-order valence-electron chi connectivity index (χ1n) is 3.40. The summed E-state index contributed by atoms with van der Waals surface area (Å²) >= 11 is 0. The first-order valence-corrected chi connectivity index (χ1v) is 6.90. The van der Waals surface area contributed by atoms with E-state index < -0.39 is 8.07 Å². The standard InChI is InChI=1S/C6H14N2Si/c1-9(2,3)6-4-5-7-8-6/h7H,4-5H2,1-3H3. The summed E-state index contributed by atoms with van der Waals surface area (Å²) in [4.78, 5) is 0.